The van der Waals surface area contributed by atoms with E-state index >= 15 is 0 Å². The van der Waals surface area contributed by atoms with E-state index in [2.05, 4.69) is 16.0 Å². The summed E-state index contributed by atoms with van der Waals surface area (Å²) in [6, 6.07) is 13.1. The van der Waals surface area contributed by atoms with Gasteiger partial charge >= 0.3 is 6.03 Å². The molecule has 0 aromatic heterocycles. The normalized spacial score (nSPS) is 16.7. The third-order valence-electron chi connectivity index (χ3n) is 4.42. The van der Waals surface area contributed by atoms with Gasteiger partial charge in [0, 0.05) is 22.1 Å². The molecule has 0 aliphatic carbocycles. The highest BCUT2D eigenvalue weighted by molar-refractivity contribution is 6.33. The highest BCUT2D eigenvalue weighted by Crippen LogP contribution is 2.25. The molecule has 8 heteroatoms. The van der Waals surface area contributed by atoms with Crippen LogP contribution in [0.4, 0.5) is 16.2 Å². The van der Waals surface area contributed by atoms with Gasteiger partial charge in [0.2, 0.25) is 0 Å². The molecule has 0 saturated heterocycles. The minimum absolute atomic E-state index is 0.303. The van der Waals surface area contributed by atoms with E-state index in [1.165, 1.54) is 6.21 Å². The summed E-state index contributed by atoms with van der Waals surface area (Å²) in [5.74, 6) is -0.410. The van der Waals surface area contributed by atoms with Crippen molar-refractivity contribution in [3.8, 4) is 0 Å². The van der Waals surface area contributed by atoms with Crippen molar-refractivity contribution in [3.05, 3.63) is 76.0 Å². The van der Waals surface area contributed by atoms with Crippen molar-refractivity contribution in [1.29, 1.82) is 0 Å². The number of nitrogen functional groups attached to an aromatic ring is 1. The lowest BCUT2D eigenvalue weighted by atomic mass is 10.00. The highest BCUT2D eigenvalue weighted by Gasteiger charge is 2.32. The van der Waals surface area contributed by atoms with Crippen molar-refractivity contribution < 1.29 is 15.0 Å². The summed E-state index contributed by atoms with van der Waals surface area (Å²) in [5.41, 5.74) is 9.01. The Morgan fingerprint density at radius 1 is 1.24 bits per heavy atom. The number of anilines is 2. The van der Waals surface area contributed by atoms with Gasteiger partial charge in [0.05, 0.1) is 17.2 Å². The number of hydrogen-bond donors (Lipinski definition) is 5. The molecule has 0 saturated carbocycles. The number of nitrogens with one attached hydrogen (secondary N) is 3. The number of rotatable bonds is 5. The maximum atomic E-state index is 13.0. The zero-order chi connectivity index (χ0) is 21.0. The fourth-order valence-corrected chi connectivity index (χ4v) is 3.28. The summed E-state index contributed by atoms with van der Waals surface area (Å²) in [4.78, 5) is 25.0. The van der Waals surface area contributed by atoms with Gasteiger partial charge in [0.25, 0.3) is 5.91 Å². The van der Waals surface area contributed by atoms with Crippen LogP contribution in [0.15, 0.2) is 64.8 Å². The molecule has 7 nitrogen and oxygen atoms in total. The van der Waals surface area contributed by atoms with Crippen LogP contribution < -0.4 is 27.1 Å². The van der Waals surface area contributed by atoms with Gasteiger partial charge in [-0.15, -0.1) is 0 Å². The molecule has 2 aromatic carbocycles. The Kier molecular flexibility index (Phi) is 5.99. The summed E-state index contributed by atoms with van der Waals surface area (Å²) in [6.07, 6.45) is 3.07. The van der Waals surface area contributed by atoms with Crippen LogP contribution in [0.2, 0.25) is 0 Å². The summed E-state index contributed by atoms with van der Waals surface area (Å²) in [7, 11) is 0. The van der Waals surface area contributed by atoms with Gasteiger partial charge in [-0.1, -0.05) is 41.9 Å². The number of urea groups is 1. The van der Waals surface area contributed by atoms with E-state index in [-0.39, 0.29) is 0 Å². The molecule has 0 spiro atoms. The molecular weight excluding hydrogens is 390 g/mol. The average Bonchev–Trinajstić information content (AvgIpc) is 2.69. The number of allylic oxidation sites excluding steroid dienone is 1. The molecule has 0 radical (unpaired) electrons. The van der Waals surface area contributed by atoms with Gasteiger partial charge in [0.1, 0.15) is 0 Å². The third kappa shape index (κ3) is 4.64. The van der Waals surface area contributed by atoms with Crippen molar-refractivity contribution in [1.82, 2.24) is 10.6 Å². The Morgan fingerprint density at radius 3 is 2.66 bits per heavy atom. The second-order valence-corrected chi connectivity index (χ2v) is 6.91. The van der Waals surface area contributed by atoms with Crippen LogP contribution in [0, 0.1) is 0 Å². The fourth-order valence-electron chi connectivity index (χ4n) is 2.99. The molecule has 7 N–H and O–H groups in total. The quantitative estimate of drug-likeness (QED) is 0.380. The zero-order valence-electron chi connectivity index (χ0n) is 15.7. The maximum absolute atomic E-state index is 13.0. The smallest absolute Gasteiger partial charge is 0.319 e. The van der Waals surface area contributed by atoms with Crippen molar-refractivity contribution in [3.63, 3.8) is 0 Å². The van der Waals surface area contributed by atoms with Crippen molar-refractivity contribution in [2.45, 2.75) is 13.0 Å². The Labute approximate surface area is 173 Å². The number of carbonyl (C=O) groups excluding carboxylic acids is 2. The first-order valence-corrected chi connectivity index (χ1v) is 9.23. The number of benzene rings is 2. The molecule has 2 aromatic rings. The molecule has 148 valence electrons. The van der Waals surface area contributed by atoms with Crippen LogP contribution in [0.1, 0.15) is 18.1 Å². The van der Waals surface area contributed by atoms with E-state index in [1.807, 2.05) is 30.3 Å². The fraction of sp³-hybridized carbons (Fsp3) is 0.0952. The molecular formula is C21H21ClN5O2+. The van der Waals surface area contributed by atoms with Gasteiger partial charge in [0.15, 0.2) is 6.21 Å². The molecule has 0 bridgehead atoms. The van der Waals surface area contributed by atoms with Crippen LogP contribution in [0.5, 0.6) is 0 Å². The molecule has 0 fully saturated rings. The van der Waals surface area contributed by atoms with Gasteiger partial charge in [-0.05, 0) is 36.8 Å². The van der Waals surface area contributed by atoms with Crippen molar-refractivity contribution >= 4 is 47.2 Å². The topological polar surface area (TPSA) is 122 Å². The van der Waals surface area contributed by atoms with Crippen molar-refractivity contribution in [2.24, 2.45) is 0 Å². The maximum Gasteiger partial charge on any atom is 0.319 e. The second-order valence-electron chi connectivity index (χ2n) is 6.47. The minimum atomic E-state index is -0.792. The van der Waals surface area contributed by atoms with Gasteiger partial charge in [-0.3, -0.25) is 10.2 Å². The number of nitrogens with two attached hydrogens (primary N) is 2. The molecule has 3 amide bonds. The van der Waals surface area contributed by atoms with Crippen molar-refractivity contribution in [2.75, 3.05) is 11.1 Å². The standard InChI is InChI=1S/C21H20ClN5O2/c1-12-18(20(28)26-15-7-8-17(24)14(10-15)11-23)19(27-21(29)25-12)16(22)9-13-5-3-2-4-6-13/h2-11,19,23H,24H2,1H3,(H,26,28)(H2,25,27,29)/p+1/b16-9-,23-11?. The molecule has 1 aliphatic rings. The highest BCUT2D eigenvalue weighted by atomic mass is 35.5. The van der Waals surface area contributed by atoms with Crippen LogP contribution >= 0.6 is 11.6 Å². The lowest BCUT2D eigenvalue weighted by molar-refractivity contribution is -0.113. The van der Waals surface area contributed by atoms with E-state index in [4.69, 9.17) is 22.7 Å². The van der Waals surface area contributed by atoms with E-state index in [0.717, 1.165) is 5.56 Å². The molecule has 1 heterocycles. The van der Waals surface area contributed by atoms with Gasteiger partial charge in [-0.25, -0.2) is 4.79 Å². The first kappa shape index (κ1) is 20.2. The summed E-state index contributed by atoms with van der Waals surface area (Å²) < 4.78 is 0. The monoisotopic (exact) mass is 410 g/mol. The number of amides is 3. The lowest BCUT2D eigenvalue weighted by Crippen LogP contribution is -2.50. The predicted molar refractivity (Wildman–Crippen MR) is 115 cm³/mol. The van der Waals surface area contributed by atoms with Crippen LogP contribution in [0.25, 0.3) is 6.08 Å². The molecule has 1 aliphatic heterocycles. The number of hydrogen-bond acceptors (Lipinski definition) is 3. The molecule has 1 atom stereocenters. The van der Waals surface area contributed by atoms with E-state index < -0.39 is 18.0 Å². The van der Waals surface area contributed by atoms with E-state index in [1.54, 1.807) is 31.2 Å². The second kappa shape index (κ2) is 8.62. The molecule has 1 unspecified atom stereocenters. The first-order valence-electron chi connectivity index (χ1n) is 8.85. The molecule has 29 heavy (non-hydrogen) atoms. The first-order chi connectivity index (χ1) is 13.9. The Balaban J connectivity index is 1.92. The van der Waals surface area contributed by atoms with Gasteiger partial charge in [-0.2, -0.15) is 0 Å². The lowest BCUT2D eigenvalue weighted by Gasteiger charge is -2.28. The van der Waals surface area contributed by atoms with E-state index in [9.17, 15) is 9.59 Å². The predicted octanol–water partition coefficient (Wildman–Crippen LogP) is 1.62. The van der Waals surface area contributed by atoms with Gasteiger partial charge < -0.3 is 21.7 Å². The molecule has 3 rings (SSSR count). The third-order valence-corrected chi connectivity index (χ3v) is 4.75. The Hall–Kier alpha value is -3.58. The Bertz CT molecular complexity index is 1030. The van der Waals surface area contributed by atoms with Crippen LogP contribution in [-0.2, 0) is 4.79 Å². The van der Waals surface area contributed by atoms with Crippen LogP contribution in [0.3, 0.4) is 0 Å². The van der Waals surface area contributed by atoms with Crippen LogP contribution in [-0.4, -0.2) is 24.2 Å². The largest absolute Gasteiger partial charge is 0.398 e. The average molecular weight is 411 g/mol. The SMILES string of the molecule is CC1=C(C(=O)Nc2ccc(N)c(C=[NH2+])c2)C(/C(Cl)=C/c2ccccc2)NC(=O)N1. The minimum Gasteiger partial charge on any atom is -0.398 e. The summed E-state index contributed by atoms with van der Waals surface area (Å²) in [6.45, 7) is 1.65. The van der Waals surface area contributed by atoms with E-state index in [0.29, 0.717) is 33.2 Å². The Morgan fingerprint density at radius 2 is 1.97 bits per heavy atom. The number of halogens is 1. The summed E-state index contributed by atoms with van der Waals surface area (Å²) in [5, 5.41) is 14.0. The zero-order valence-corrected chi connectivity index (χ0v) is 16.5. The number of carbonyl (C=O) groups is 2. The summed E-state index contributed by atoms with van der Waals surface area (Å²) >= 11 is 6.50.